The van der Waals surface area contributed by atoms with E-state index in [4.69, 9.17) is 0 Å². The first-order chi connectivity index (χ1) is 19.0. The third kappa shape index (κ3) is 7.99. The third-order valence-electron chi connectivity index (χ3n) is 7.87. The SMILES string of the molecule is O=C(CN(C(=O)C1CCCCC1)C1CC1)Nc1nc(CC(=O)N2CCN(C/C=C/c3ccccc3)CC2)cs1. The summed E-state index contributed by atoms with van der Waals surface area (Å²) >= 11 is 1.33. The lowest BCUT2D eigenvalue weighted by Gasteiger charge is -2.34. The number of nitrogens with one attached hydrogen (secondary N) is 1. The molecule has 2 aromatic rings. The van der Waals surface area contributed by atoms with Crippen LogP contribution in [0.1, 0.15) is 56.2 Å². The minimum Gasteiger partial charge on any atom is -0.340 e. The van der Waals surface area contributed by atoms with Crippen molar-refractivity contribution in [2.24, 2.45) is 5.92 Å². The Morgan fingerprint density at radius 2 is 1.74 bits per heavy atom. The van der Waals surface area contributed by atoms with Crippen LogP contribution in [0.5, 0.6) is 0 Å². The van der Waals surface area contributed by atoms with Gasteiger partial charge >= 0.3 is 0 Å². The van der Waals surface area contributed by atoms with Gasteiger partial charge in [0, 0.05) is 50.1 Å². The number of nitrogens with zero attached hydrogens (tertiary/aromatic N) is 4. The first-order valence-electron chi connectivity index (χ1n) is 14.3. The Labute approximate surface area is 235 Å². The number of aromatic nitrogens is 1. The average molecular weight is 550 g/mol. The highest BCUT2D eigenvalue weighted by atomic mass is 32.1. The van der Waals surface area contributed by atoms with E-state index in [0.717, 1.165) is 58.2 Å². The van der Waals surface area contributed by atoms with Gasteiger partial charge in [-0.15, -0.1) is 11.3 Å². The van der Waals surface area contributed by atoms with Crippen LogP contribution in [-0.4, -0.2) is 82.7 Å². The summed E-state index contributed by atoms with van der Waals surface area (Å²) in [6, 6.07) is 10.5. The summed E-state index contributed by atoms with van der Waals surface area (Å²) in [5.41, 5.74) is 1.86. The number of hydrogen-bond donors (Lipinski definition) is 1. The number of hydrogen-bond acceptors (Lipinski definition) is 6. The monoisotopic (exact) mass is 549 g/mol. The molecule has 3 fully saturated rings. The van der Waals surface area contributed by atoms with Crippen LogP contribution in [0.3, 0.4) is 0 Å². The van der Waals surface area contributed by atoms with Gasteiger partial charge in [-0.2, -0.15) is 0 Å². The fraction of sp³-hybridized carbons (Fsp3) is 0.533. The fourth-order valence-electron chi connectivity index (χ4n) is 5.46. The van der Waals surface area contributed by atoms with Crippen LogP contribution in [0.15, 0.2) is 41.8 Å². The molecule has 2 aliphatic carbocycles. The van der Waals surface area contributed by atoms with Crippen molar-refractivity contribution in [2.75, 3.05) is 44.6 Å². The lowest BCUT2D eigenvalue weighted by Crippen LogP contribution is -2.49. The molecule has 1 aromatic heterocycles. The van der Waals surface area contributed by atoms with E-state index in [0.29, 0.717) is 23.9 Å². The van der Waals surface area contributed by atoms with Gasteiger partial charge in [0.1, 0.15) is 6.54 Å². The number of carbonyl (C=O) groups excluding carboxylic acids is 3. The molecule has 208 valence electrons. The van der Waals surface area contributed by atoms with E-state index in [1.807, 2.05) is 28.5 Å². The quantitative estimate of drug-likeness (QED) is 0.483. The van der Waals surface area contributed by atoms with Crippen molar-refractivity contribution in [1.29, 1.82) is 0 Å². The number of thiazole rings is 1. The van der Waals surface area contributed by atoms with Gasteiger partial charge in [0.25, 0.3) is 0 Å². The lowest BCUT2D eigenvalue weighted by atomic mass is 9.88. The molecule has 2 heterocycles. The second kappa shape index (κ2) is 13.3. The Kier molecular flexibility index (Phi) is 9.42. The summed E-state index contributed by atoms with van der Waals surface area (Å²) in [6.07, 6.45) is 11.8. The highest BCUT2D eigenvalue weighted by Gasteiger charge is 2.37. The van der Waals surface area contributed by atoms with Crippen LogP contribution in [0.25, 0.3) is 6.08 Å². The van der Waals surface area contributed by atoms with Gasteiger partial charge in [-0.25, -0.2) is 4.98 Å². The number of carbonyl (C=O) groups is 3. The maximum absolute atomic E-state index is 13.1. The van der Waals surface area contributed by atoms with Crippen molar-refractivity contribution < 1.29 is 14.4 Å². The van der Waals surface area contributed by atoms with E-state index in [-0.39, 0.29) is 42.6 Å². The number of anilines is 1. The summed E-state index contributed by atoms with van der Waals surface area (Å²) in [4.78, 5) is 49.3. The summed E-state index contributed by atoms with van der Waals surface area (Å²) in [6.45, 7) is 4.06. The molecule has 1 N–H and O–H groups in total. The number of amides is 3. The third-order valence-corrected chi connectivity index (χ3v) is 8.67. The zero-order valence-corrected chi connectivity index (χ0v) is 23.4. The first-order valence-corrected chi connectivity index (χ1v) is 15.2. The molecule has 39 heavy (non-hydrogen) atoms. The average Bonchev–Trinajstić information content (AvgIpc) is 3.72. The van der Waals surface area contributed by atoms with Crippen molar-refractivity contribution in [1.82, 2.24) is 19.7 Å². The molecule has 9 heteroatoms. The van der Waals surface area contributed by atoms with E-state index >= 15 is 0 Å². The van der Waals surface area contributed by atoms with Crippen molar-refractivity contribution >= 4 is 40.3 Å². The number of rotatable bonds is 10. The van der Waals surface area contributed by atoms with Crippen molar-refractivity contribution in [3.63, 3.8) is 0 Å². The Balaban J connectivity index is 1.04. The second-order valence-electron chi connectivity index (χ2n) is 10.9. The van der Waals surface area contributed by atoms with Crippen LogP contribution < -0.4 is 5.32 Å². The van der Waals surface area contributed by atoms with Crippen molar-refractivity contribution in [2.45, 2.75) is 57.4 Å². The second-order valence-corrected chi connectivity index (χ2v) is 11.8. The Bertz CT molecular complexity index is 1150. The topological polar surface area (TPSA) is 85.8 Å². The van der Waals surface area contributed by atoms with E-state index < -0.39 is 0 Å². The minimum absolute atomic E-state index is 0.0654. The van der Waals surface area contributed by atoms with E-state index in [1.165, 1.54) is 23.3 Å². The van der Waals surface area contributed by atoms with Gasteiger partial charge in [-0.05, 0) is 31.2 Å². The normalized spacial score (nSPS) is 18.8. The smallest absolute Gasteiger partial charge is 0.245 e. The predicted octanol–water partition coefficient (Wildman–Crippen LogP) is 4.05. The van der Waals surface area contributed by atoms with Crippen LogP contribution in [0, 0.1) is 5.92 Å². The molecule has 0 radical (unpaired) electrons. The maximum Gasteiger partial charge on any atom is 0.245 e. The van der Waals surface area contributed by atoms with Crippen LogP contribution in [0.4, 0.5) is 5.13 Å². The lowest BCUT2D eigenvalue weighted by molar-refractivity contribution is -0.139. The van der Waals surface area contributed by atoms with Gasteiger partial charge in [0.05, 0.1) is 12.1 Å². The van der Waals surface area contributed by atoms with Gasteiger partial charge in [0.15, 0.2) is 5.13 Å². The van der Waals surface area contributed by atoms with Crippen molar-refractivity contribution in [3.05, 3.63) is 53.0 Å². The molecule has 3 amide bonds. The number of benzene rings is 1. The summed E-state index contributed by atoms with van der Waals surface area (Å²) in [5.74, 6) is 0.0636. The Morgan fingerprint density at radius 3 is 2.46 bits per heavy atom. The molecular weight excluding hydrogens is 510 g/mol. The molecular formula is C30H39N5O3S. The first kappa shape index (κ1) is 27.5. The van der Waals surface area contributed by atoms with Crippen molar-refractivity contribution in [3.8, 4) is 0 Å². The Morgan fingerprint density at radius 1 is 1.00 bits per heavy atom. The largest absolute Gasteiger partial charge is 0.340 e. The molecule has 5 rings (SSSR count). The van der Waals surface area contributed by atoms with Gasteiger partial charge in [-0.1, -0.05) is 61.7 Å². The van der Waals surface area contributed by atoms with Crippen LogP contribution in [-0.2, 0) is 20.8 Å². The molecule has 1 aliphatic heterocycles. The molecule has 0 unspecified atom stereocenters. The standard InChI is InChI=1S/C30H39N5O3S/c36-27(21-35(26-13-14-26)29(38)24-11-5-2-6-12-24)32-30-31-25(22-39-30)20-28(37)34-18-16-33(17-19-34)15-7-10-23-8-3-1-4-9-23/h1,3-4,7-10,22,24,26H,2,5-6,11-21H2,(H,31,32,36)/b10-7+. The molecule has 1 aromatic carbocycles. The number of piperazine rings is 1. The van der Waals surface area contributed by atoms with E-state index in [2.05, 4.69) is 39.5 Å². The molecule has 0 bridgehead atoms. The molecule has 0 spiro atoms. The molecule has 8 nitrogen and oxygen atoms in total. The summed E-state index contributed by atoms with van der Waals surface area (Å²) < 4.78 is 0. The zero-order chi connectivity index (χ0) is 27.0. The molecule has 1 saturated heterocycles. The molecule has 2 saturated carbocycles. The highest BCUT2D eigenvalue weighted by molar-refractivity contribution is 7.13. The van der Waals surface area contributed by atoms with Gasteiger partial charge in [-0.3, -0.25) is 19.3 Å². The molecule has 3 aliphatic rings. The minimum atomic E-state index is -0.212. The zero-order valence-electron chi connectivity index (χ0n) is 22.6. The van der Waals surface area contributed by atoms with E-state index in [9.17, 15) is 14.4 Å². The summed E-state index contributed by atoms with van der Waals surface area (Å²) in [5, 5.41) is 5.18. The molecule has 0 atom stereocenters. The highest BCUT2D eigenvalue weighted by Crippen LogP contribution is 2.32. The summed E-state index contributed by atoms with van der Waals surface area (Å²) in [7, 11) is 0. The van der Waals surface area contributed by atoms with Gasteiger partial charge < -0.3 is 15.1 Å². The van der Waals surface area contributed by atoms with E-state index in [1.54, 1.807) is 4.90 Å². The Hall–Kier alpha value is -3.04. The van der Waals surface area contributed by atoms with Crippen LogP contribution in [0.2, 0.25) is 0 Å². The van der Waals surface area contributed by atoms with Crippen LogP contribution >= 0.6 is 11.3 Å². The maximum atomic E-state index is 13.1. The van der Waals surface area contributed by atoms with Gasteiger partial charge in [0.2, 0.25) is 17.7 Å². The predicted molar refractivity (Wildman–Crippen MR) is 154 cm³/mol. The fourth-order valence-corrected chi connectivity index (χ4v) is 6.19.